The van der Waals surface area contributed by atoms with Crippen molar-refractivity contribution >= 4 is 15.7 Å². The average molecular weight is 359 g/mol. The Bertz CT molecular complexity index is 954. The Morgan fingerprint density at radius 3 is 2.60 bits per heavy atom. The number of hydrogen-bond donors (Lipinski definition) is 1. The minimum absolute atomic E-state index is 0.0155. The molecule has 0 aliphatic rings. The number of hydrogen-bond acceptors (Lipinski definition) is 6. The fraction of sp³-hybridized carbons (Fsp3) is 0.188. The molecule has 0 atom stereocenters. The van der Waals surface area contributed by atoms with Crippen molar-refractivity contribution in [2.24, 2.45) is 0 Å². The van der Waals surface area contributed by atoms with Crippen LogP contribution in [0.25, 0.3) is 5.82 Å². The number of rotatable bonds is 6. The van der Waals surface area contributed by atoms with E-state index in [1.807, 2.05) is 0 Å². The monoisotopic (exact) mass is 359 g/mol. The molecule has 1 aromatic carbocycles. The van der Waals surface area contributed by atoms with Crippen molar-refractivity contribution in [3.63, 3.8) is 0 Å². The molecular formula is C16H17N5O3S. The van der Waals surface area contributed by atoms with Crippen molar-refractivity contribution in [2.45, 2.75) is 13.8 Å². The number of ether oxygens (including phenoxy) is 1. The Kier molecular flexibility index (Phi) is 4.66. The largest absolute Gasteiger partial charge is 0.439 e. The molecule has 2 aromatic heterocycles. The summed E-state index contributed by atoms with van der Waals surface area (Å²) < 4.78 is 33.0. The molecule has 1 N–H and O–H groups in total. The summed E-state index contributed by atoms with van der Waals surface area (Å²) in [7, 11) is -3.30. The molecule has 0 spiro atoms. The minimum atomic E-state index is -3.30. The van der Waals surface area contributed by atoms with Crippen LogP contribution in [-0.2, 0) is 10.0 Å². The Morgan fingerprint density at radius 1 is 1.20 bits per heavy atom. The quantitative estimate of drug-likeness (QED) is 0.726. The molecule has 0 amide bonds. The highest BCUT2D eigenvalue weighted by Gasteiger charge is 2.08. The molecule has 2 heterocycles. The van der Waals surface area contributed by atoms with Crippen LogP contribution in [0.3, 0.4) is 0 Å². The van der Waals surface area contributed by atoms with Crippen LogP contribution in [0.15, 0.2) is 48.8 Å². The zero-order chi connectivity index (χ0) is 17.9. The van der Waals surface area contributed by atoms with Crippen LogP contribution in [0.4, 0.5) is 5.69 Å². The number of nitrogens with zero attached hydrogens (tertiary/aromatic N) is 4. The third-order valence-electron chi connectivity index (χ3n) is 3.27. The van der Waals surface area contributed by atoms with E-state index in [0.717, 1.165) is 0 Å². The van der Waals surface area contributed by atoms with Gasteiger partial charge in [0.15, 0.2) is 5.82 Å². The number of nitrogens with one attached hydrogen (secondary N) is 1. The maximum absolute atomic E-state index is 11.6. The van der Waals surface area contributed by atoms with Crippen molar-refractivity contribution < 1.29 is 13.2 Å². The zero-order valence-corrected chi connectivity index (χ0v) is 14.6. The first-order valence-electron chi connectivity index (χ1n) is 7.59. The van der Waals surface area contributed by atoms with E-state index in [0.29, 0.717) is 29.0 Å². The lowest BCUT2D eigenvalue weighted by atomic mass is 10.3. The van der Waals surface area contributed by atoms with Crippen molar-refractivity contribution in [3.05, 3.63) is 54.6 Å². The van der Waals surface area contributed by atoms with Gasteiger partial charge in [-0.3, -0.25) is 4.72 Å². The maximum Gasteiger partial charge on any atom is 0.232 e. The molecule has 0 fully saturated rings. The van der Waals surface area contributed by atoms with Gasteiger partial charge in [-0.25, -0.2) is 18.1 Å². The van der Waals surface area contributed by atoms with Gasteiger partial charge >= 0.3 is 0 Å². The van der Waals surface area contributed by atoms with Gasteiger partial charge in [-0.15, -0.1) is 0 Å². The van der Waals surface area contributed by atoms with Crippen molar-refractivity contribution in [1.29, 1.82) is 0 Å². The van der Waals surface area contributed by atoms with Gasteiger partial charge in [-0.1, -0.05) is 0 Å². The van der Waals surface area contributed by atoms with Gasteiger partial charge in [0.05, 0.1) is 5.75 Å². The summed E-state index contributed by atoms with van der Waals surface area (Å²) in [6.07, 6.45) is 3.44. The molecule has 0 aliphatic carbocycles. The maximum atomic E-state index is 11.6. The van der Waals surface area contributed by atoms with Crippen LogP contribution >= 0.6 is 0 Å². The summed E-state index contributed by atoms with van der Waals surface area (Å²) in [5.41, 5.74) is 0.477. The fourth-order valence-electron chi connectivity index (χ4n) is 2.06. The van der Waals surface area contributed by atoms with Crippen molar-refractivity contribution in [2.75, 3.05) is 10.5 Å². The van der Waals surface area contributed by atoms with Gasteiger partial charge in [0, 0.05) is 24.1 Å². The molecule has 0 radical (unpaired) electrons. The van der Waals surface area contributed by atoms with Gasteiger partial charge in [0.1, 0.15) is 11.6 Å². The number of aromatic nitrogens is 4. The second-order valence-corrected chi connectivity index (χ2v) is 7.21. The van der Waals surface area contributed by atoms with Crippen LogP contribution in [0.2, 0.25) is 0 Å². The molecule has 0 saturated heterocycles. The first-order valence-corrected chi connectivity index (χ1v) is 9.24. The third kappa shape index (κ3) is 4.32. The fourth-order valence-corrected chi connectivity index (χ4v) is 2.70. The molecule has 25 heavy (non-hydrogen) atoms. The van der Waals surface area contributed by atoms with Crippen molar-refractivity contribution in [3.8, 4) is 17.4 Å². The second-order valence-electron chi connectivity index (χ2n) is 5.19. The smallest absolute Gasteiger partial charge is 0.232 e. The van der Waals surface area contributed by atoms with E-state index in [9.17, 15) is 8.42 Å². The van der Waals surface area contributed by atoms with Crippen LogP contribution in [0, 0.1) is 6.92 Å². The topological polar surface area (TPSA) is 99.0 Å². The van der Waals surface area contributed by atoms with E-state index in [4.69, 9.17) is 4.74 Å². The average Bonchev–Trinajstić information content (AvgIpc) is 3.10. The molecular weight excluding hydrogens is 342 g/mol. The zero-order valence-electron chi connectivity index (χ0n) is 13.7. The summed E-state index contributed by atoms with van der Waals surface area (Å²) in [5.74, 6) is 2.07. The van der Waals surface area contributed by atoms with E-state index in [1.165, 1.54) is 0 Å². The molecule has 0 bridgehead atoms. The third-order valence-corrected chi connectivity index (χ3v) is 4.58. The summed E-state index contributed by atoms with van der Waals surface area (Å²) in [5, 5.41) is 4.14. The molecule has 0 saturated carbocycles. The van der Waals surface area contributed by atoms with Crippen LogP contribution < -0.4 is 9.46 Å². The lowest BCUT2D eigenvalue weighted by molar-refractivity contribution is 0.459. The summed E-state index contributed by atoms with van der Waals surface area (Å²) >= 11 is 0. The van der Waals surface area contributed by atoms with Gasteiger partial charge in [0.2, 0.25) is 15.9 Å². The van der Waals surface area contributed by atoms with Crippen LogP contribution in [0.1, 0.15) is 12.7 Å². The van der Waals surface area contributed by atoms with Crippen molar-refractivity contribution in [1.82, 2.24) is 19.7 Å². The molecule has 9 heteroatoms. The van der Waals surface area contributed by atoms with E-state index >= 15 is 0 Å². The van der Waals surface area contributed by atoms with Crippen LogP contribution in [0.5, 0.6) is 11.6 Å². The van der Waals surface area contributed by atoms with Crippen LogP contribution in [-0.4, -0.2) is 33.9 Å². The predicted molar refractivity (Wildman–Crippen MR) is 93.5 cm³/mol. The highest BCUT2D eigenvalue weighted by atomic mass is 32.2. The Balaban J connectivity index is 1.79. The molecule has 3 rings (SSSR count). The lowest BCUT2D eigenvalue weighted by Crippen LogP contribution is -2.14. The number of sulfonamides is 1. The molecule has 130 valence electrons. The molecule has 0 aliphatic heterocycles. The number of aryl methyl sites for hydroxylation is 1. The highest BCUT2D eigenvalue weighted by Crippen LogP contribution is 2.23. The Morgan fingerprint density at radius 2 is 1.96 bits per heavy atom. The molecule has 3 aromatic rings. The second kappa shape index (κ2) is 6.89. The predicted octanol–water partition coefficient (Wildman–Crippen LogP) is 2.52. The van der Waals surface area contributed by atoms with Gasteiger partial charge in [-0.05, 0) is 44.2 Å². The van der Waals surface area contributed by atoms with E-state index in [-0.39, 0.29) is 5.75 Å². The summed E-state index contributed by atoms with van der Waals surface area (Å²) in [6.45, 7) is 3.34. The summed E-state index contributed by atoms with van der Waals surface area (Å²) in [4.78, 5) is 8.56. The first-order chi connectivity index (χ1) is 11.9. The molecule has 0 unspecified atom stereocenters. The number of benzene rings is 1. The first kappa shape index (κ1) is 16.9. The Labute approximate surface area is 145 Å². The standard InChI is InChI=1S/C16H17N5O3S/c1-3-25(22,23)20-13-5-7-14(8-6-13)24-16-11-15(18-12(2)19-16)21-10-4-9-17-21/h4-11,20H,3H2,1-2H3. The highest BCUT2D eigenvalue weighted by molar-refractivity contribution is 7.92. The van der Waals surface area contributed by atoms with Gasteiger partial charge < -0.3 is 4.74 Å². The molecule has 8 nitrogen and oxygen atoms in total. The Hall–Kier alpha value is -2.94. The minimum Gasteiger partial charge on any atom is -0.439 e. The SMILES string of the molecule is CCS(=O)(=O)Nc1ccc(Oc2cc(-n3cccn3)nc(C)n2)cc1. The van der Waals surface area contributed by atoms with E-state index < -0.39 is 10.0 Å². The normalized spacial score (nSPS) is 11.3. The van der Waals surface area contributed by atoms with E-state index in [2.05, 4.69) is 19.8 Å². The summed E-state index contributed by atoms with van der Waals surface area (Å²) in [6, 6.07) is 10.1. The lowest BCUT2D eigenvalue weighted by Gasteiger charge is -2.09. The number of anilines is 1. The van der Waals surface area contributed by atoms with Gasteiger partial charge in [0.25, 0.3) is 0 Å². The van der Waals surface area contributed by atoms with E-state index in [1.54, 1.807) is 67.3 Å². The van der Waals surface area contributed by atoms with Gasteiger partial charge in [-0.2, -0.15) is 10.1 Å².